The van der Waals surface area contributed by atoms with Crippen LogP contribution in [-0.4, -0.2) is 50.2 Å². The van der Waals surface area contributed by atoms with E-state index in [4.69, 9.17) is 5.73 Å². The molecule has 3 heterocycles. The maximum absolute atomic E-state index is 12.6. The molecular formula is C19H21N5O2S. The molecule has 1 aromatic carbocycles. The first-order valence-corrected chi connectivity index (χ1v) is 9.96. The van der Waals surface area contributed by atoms with E-state index in [2.05, 4.69) is 23.2 Å². The van der Waals surface area contributed by atoms with E-state index < -0.39 is 0 Å². The van der Waals surface area contributed by atoms with Crippen molar-refractivity contribution < 1.29 is 9.59 Å². The van der Waals surface area contributed by atoms with Gasteiger partial charge < -0.3 is 10.6 Å². The smallest absolute Gasteiger partial charge is 0.233 e. The minimum Gasteiger partial charge on any atom is -0.369 e. The van der Waals surface area contributed by atoms with Gasteiger partial charge in [-0.3, -0.25) is 14.0 Å². The molecule has 2 amide bonds. The van der Waals surface area contributed by atoms with Crippen molar-refractivity contribution in [3.8, 4) is 0 Å². The van der Waals surface area contributed by atoms with Crippen LogP contribution in [0.3, 0.4) is 0 Å². The zero-order chi connectivity index (χ0) is 19.0. The topological polar surface area (TPSA) is 93.6 Å². The Hall–Kier alpha value is -2.61. The number of benzene rings is 1. The Bertz CT molecular complexity index is 1030. The molecule has 0 spiro atoms. The first-order chi connectivity index (χ1) is 13.0. The highest BCUT2D eigenvalue weighted by atomic mass is 32.2. The molecule has 0 saturated carbocycles. The number of likely N-dealkylation sites (tertiary alicyclic amines) is 1. The molecular weight excluding hydrogens is 362 g/mol. The summed E-state index contributed by atoms with van der Waals surface area (Å²) in [5.41, 5.74) is 8.35. The molecule has 7 nitrogen and oxygen atoms in total. The largest absolute Gasteiger partial charge is 0.369 e. The molecule has 1 fully saturated rings. The van der Waals surface area contributed by atoms with Gasteiger partial charge in [0.1, 0.15) is 0 Å². The SMILES string of the molecule is Cc1cc2nnc(SCC(=O)N3CCCC(C(N)=O)C3)n2c2ccccc12. The van der Waals surface area contributed by atoms with Crippen LogP contribution in [0.5, 0.6) is 0 Å². The van der Waals surface area contributed by atoms with Crippen LogP contribution < -0.4 is 5.73 Å². The number of rotatable bonds is 4. The number of pyridine rings is 1. The van der Waals surface area contributed by atoms with E-state index in [-0.39, 0.29) is 23.5 Å². The number of hydrogen-bond donors (Lipinski definition) is 1. The molecule has 4 rings (SSSR count). The van der Waals surface area contributed by atoms with Crippen molar-refractivity contribution in [3.05, 3.63) is 35.9 Å². The van der Waals surface area contributed by atoms with Crippen molar-refractivity contribution in [2.45, 2.75) is 24.9 Å². The molecule has 1 aliphatic heterocycles. The summed E-state index contributed by atoms with van der Waals surface area (Å²) in [5.74, 6) is -0.313. The average Bonchev–Trinajstić information content (AvgIpc) is 3.09. The van der Waals surface area contributed by atoms with E-state index in [9.17, 15) is 9.59 Å². The van der Waals surface area contributed by atoms with Crippen molar-refractivity contribution in [2.75, 3.05) is 18.8 Å². The van der Waals surface area contributed by atoms with Gasteiger partial charge in [-0.1, -0.05) is 30.0 Å². The lowest BCUT2D eigenvalue weighted by molar-refractivity contribution is -0.132. The summed E-state index contributed by atoms with van der Waals surface area (Å²) in [6.45, 7) is 3.14. The number of amides is 2. The minimum absolute atomic E-state index is 0.000817. The fourth-order valence-corrected chi connectivity index (χ4v) is 4.48. The number of carbonyl (C=O) groups is 2. The molecule has 2 N–H and O–H groups in total. The summed E-state index contributed by atoms with van der Waals surface area (Å²) >= 11 is 1.37. The summed E-state index contributed by atoms with van der Waals surface area (Å²) in [6.07, 6.45) is 1.56. The molecule has 1 unspecified atom stereocenters. The summed E-state index contributed by atoms with van der Waals surface area (Å²) in [6, 6.07) is 10.1. The summed E-state index contributed by atoms with van der Waals surface area (Å²) in [4.78, 5) is 25.8. The third-order valence-corrected chi connectivity index (χ3v) is 5.99. The number of hydrogen-bond acceptors (Lipinski definition) is 5. The number of nitrogens with zero attached hydrogens (tertiary/aromatic N) is 4. The third kappa shape index (κ3) is 3.37. The van der Waals surface area contributed by atoms with Gasteiger partial charge in [0.2, 0.25) is 11.8 Å². The van der Waals surface area contributed by atoms with Crippen LogP contribution in [-0.2, 0) is 9.59 Å². The molecule has 2 aromatic heterocycles. The van der Waals surface area contributed by atoms with Crippen molar-refractivity contribution in [1.29, 1.82) is 0 Å². The standard InChI is InChI=1S/C19H21N5O2S/c1-12-9-16-21-22-19(24(16)15-7-3-2-6-14(12)15)27-11-17(25)23-8-4-5-13(10-23)18(20)26/h2-3,6-7,9,13H,4-5,8,10-11H2,1H3,(H2,20,26). The predicted molar refractivity (Wildman–Crippen MR) is 104 cm³/mol. The minimum atomic E-state index is -0.328. The molecule has 1 saturated heterocycles. The zero-order valence-corrected chi connectivity index (χ0v) is 15.9. The fraction of sp³-hybridized carbons (Fsp3) is 0.368. The van der Waals surface area contributed by atoms with E-state index in [0.717, 1.165) is 35.0 Å². The van der Waals surface area contributed by atoms with E-state index in [1.54, 1.807) is 4.90 Å². The van der Waals surface area contributed by atoms with E-state index in [1.807, 2.05) is 28.7 Å². The quantitative estimate of drug-likeness (QED) is 0.696. The Balaban J connectivity index is 1.55. The molecule has 1 aliphatic rings. The number of nitrogens with two attached hydrogens (primary N) is 1. The van der Waals surface area contributed by atoms with Crippen molar-refractivity contribution in [1.82, 2.24) is 19.5 Å². The van der Waals surface area contributed by atoms with Gasteiger partial charge in [-0.05, 0) is 37.5 Å². The molecule has 1 atom stereocenters. The van der Waals surface area contributed by atoms with Crippen LogP contribution in [0.1, 0.15) is 18.4 Å². The molecule has 3 aromatic rings. The molecule has 27 heavy (non-hydrogen) atoms. The monoisotopic (exact) mass is 383 g/mol. The van der Waals surface area contributed by atoms with Gasteiger partial charge in [-0.2, -0.15) is 0 Å². The van der Waals surface area contributed by atoms with Crippen LogP contribution >= 0.6 is 11.8 Å². The van der Waals surface area contributed by atoms with E-state index in [1.165, 1.54) is 11.8 Å². The third-order valence-electron chi connectivity index (χ3n) is 5.07. The van der Waals surface area contributed by atoms with Gasteiger partial charge in [-0.15, -0.1) is 10.2 Å². The number of piperidine rings is 1. The van der Waals surface area contributed by atoms with Crippen molar-refractivity contribution in [2.24, 2.45) is 11.7 Å². The van der Waals surface area contributed by atoms with Crippen LogP contribution in [0.15, 0.2) is 35.5 Å². The Morgan fingerprint density at radius 1 is 1.30 bits per heavy atom. The van der Waals surface area contributed by atoms with Crippen LogP contribution in [0, 0.1) is 12.8 Å². The normalized spacial score (nSPS) is 17.5. The van der Waals surface area contributed by atoms with E-state index >= 15 is 0 Å². The van der Waals surface area contributed by atoms with E-state index in [0.29, 0.717) is 18.2 Å². The number of primary amides is 1. The van der Waals surface area contributed by atoms with Crippen LogP contribution in [0.4, 0.5) is 0 Å². The number of fused-ring (bicyclic) bond motifs is 3. The lowest BCUT2D eigenvalue weighted by Crippen LogP contribution is -2.44. The molecule has 0 aliphatic carbocycles. The van der Waals surface area contributed by atoms with Crippen molar-refractivity contribution >= 4 is 40.1 Å². The Morgan fingerprint density at radius 2 is 2.11 bits per heavy atom. The fourth-order valence-electron chi connectivity index (χ4n) is 3.62. The van der Waals surface area contributed by atoms with Gasteiger partial charge in [-0.25, -0.2) is 0 Å². The molecule has 0 bridgehead atoms. The lowest BCUT2D eigenvalue weighted by atomic mass is 9.97. The number of carbonyl (C=O) groups excluding carboxylic acids is 2. The second-order valence-electron chi connectivity index (χ2n) is 6.89. The highest BCUT2D eigenvalue weighted by molar-refractivity contribution is 7.99. The maximum Gasteiger partial charge on any atom is 0.233 e. The first kappa shape index (κ1) is 17.8. The highest BCUT2D eigenvalue weighted by Gasteiger charge is 2.27. The molecule has 0 radical (unpaired) electrons. The number of thioether (sulfide) groups is 1. The number of aryl methyl sites for hydroxylation is 1. The lowest BCUT2D eigenvalue weighted by Gasteiger charge is -2.31. The second kappa shape index (κ2) is 7.19. The van der Waals surface area contributed by atoms with Gasteiger partial charge in [0, 0.05) is 18.5 Å². The first-order valence-electron chi connectivity index (χ1n) is 8.98. The maximum atomic E-state index is 12.6. The van der Waals surface area contributed by atoms with Gasteiger partial charge in [0.15, 0.2) is 10.8 Å². The zero-order valence-electron chi connectivity index (χ0n) is 15.1. The van der Waals surface area contributed by atoms with Crippen LogP contribution in [0.25, 0.3) is 16.6 Å². The Labute approximate surface area is 160 Å². The van der Waals surface area contributed by atoms with Gasteiger partial charge in [0.25, 0.3) is 0 Å². The summed E-state index contributed by atoms with van der Waals surface area (Å²) < 4.78 is 1.99. The predicted octanol–water partition coefficient (Wildman–Crippen LogP) is 2.01. The van der Waals surface area contributed by atoms with Crippen molar-refractivity contribution in [3.63, 3.8) is 0 Å². The summed E-state index contributed by atoms with van der Waals surface area (Å²) in [5, 5.41) is 10.4. The van der Waals surface area contributed by atoms with Gasteiger partial charge in [0.05, 0.1) is 17.2 Å². The Kier molecular flexibility index (Phi) is 4.73. The van der Waals surface area contributed by atoms with Crippen LogP contribution in [0.2, 0.25) is 0 Å². The average molecular weight is 383 g/mol. The summed E-state index contributed by atoms with van der Waals surface area (Å²) in [7, 11) is 0. The number of aromatic nitrogens is 3. The highest BCUT2D eigenvalue weighted by Crippen LogP contribution is 2.26. The van der Waals surface area contributed by atoms with Gasteiger partial charge >= 0.3 is 0 Å². The molecule has 8 heteroatoms. The Morgan fingerprint density at radius 3 is 2.93 bits per heavy atom. The molecule has 140 valence electrons. The second-order valence-corrected chi connectivity index (χ2v) is 7.83. The number of para-hydroxylation sites is 1.